The molecule has 0 radical (unpaired) electrons. The van der Waals surface area contributed by atoms with Crippen LogP contribution in [0.3, 0.4) is 0 Å². The van der Waals surface area contributed by atoms with Gasteiger partial charge in [-0.15, -0.1) is 0 Å². The van der Waals surface area contributed by atoms with Crippen LogP contribution < -0.4 is 0 Å². The average molecular weight is 403 g/mol. The molecule has 0 N–H and O–H groups in total. The van der Waals surface area contributed by atoms with E-state index in [0.29, 0.717) is 17.8 Å². The van der Waals surface area contributed by atoms with Crippen LogP contribution in [0.2, 0.25) is 0 Å². The number of hydrogen-bond donors (Lipinski definition) is 0. The van der Waals surface area contributed by atoms with Crippen molar-refractivity contribution in [3.05, 3.63) is 11.1 Å². The summed E-state index contributed by atoms with van der Waals surface area (Å²) in [5, 5.41) is 0. The molecule has 0 aromatic carbocycles. The summed E-state index contributed by atoms with van der Waals surface area (Å²) >= 11 is 0. The van der Waals surface area contributed by atoms with Gasteiger partial charge < -0.3 is 14.2 Å². The SMILES string of the molecule is CC1=C2C(C)C[C@@]3(C)C(C4OC(=O)O[C@@]4(CC1C)C2(C)C)[C@]1(C)CO[C@@H]1C[C@@H]3C. The summed E-state index contributed by atoms with van der Waals surface area (Å²) in [7, 11) is 0. The van der Waals surface area contributed by atoms with Gasteiger partial charge in [0, 0.05) is 16.7 Å². The van der Waals surface area contributed by atoms with Crippen molar-refractivity contribution in [2.75, 3.05) is 6.61 Å². The van der Waals surface area contributed by atoms with Crippen LogP contribution in [0.15, 0.2) is 11.1 Å². The Kier molecular flexibility index (Phi) is 3.85. The number of fused-ring (bicyclic) bond motifs is 5. The molecule has 2 saturated heterocycles. The van der Waals surface area contributed by atoms with Crippen LogP contribution in [0.5, 0.6) is 0 Å². The molecule has 5 rings (SSSR count). The maximum atomic E-state index is 12.8. The minimum atomic E-state index is -0.598. The Hall–Kier alpha value is -1.03. The normalized spacial score (nSPS) is 55.4. The molecule has 162 valence electrons. The van der Waals surface area contributed by atoms with Gasteiger partial charge in [0.05, 0.1) is 12.7 Å². The van der Waals surface area contributed by atoms with Crippen molar-refractivity contribution >= 4 is 6.16 Å². The summed E-state index contributed by atoms with van der Waals surface area (Å²) in [5.74, 6) is 1.62. The fourth-order valence-electron chi connectivity index (χ4n) is 8.79. The highest BCUT2D eigenvalue weighted by Gasteiger charge is 2.75. The van der Waals surface area contributed by atoms with Crippen LogP contribution in [0.1, 0.15) is 74.7 Å². The molecular formula is C25H38O4. The zero-order valence-corrected chi connectivity index (χ0v) is 19.4. The van der Waals surface area contributed by atoms with E-state index in [0.717, 1.165) is 25.9 Å². The van der Waals surface area contributed by atoms with Gasteiger partial charge >= 0.3 is 6.16 Å². The largest absolute Gasteiger partial charge is 0.509 e. The third-order valence-corrected chi connectivity index (χ3v) is 10.4. The summed E-state index contributed by atoms with van der Waals surface area (Å²) in [5.41, 5.74) is 2.29. The zero-order chi connectivity index (χ0) is 21.1. The van der Waals surface area contributed by atoms with E-state index in [9.17, 15) is 4.79 Å². The van der Waals surface area contributed by atoms with Crippen molar-refractivity contribution in [1.29, 1.82) is 0 Å². The fourth-order valence-corrected chi connectivity index (χ4v) is 8.79. The number of rotatable bonds is 0. The van der Waals surface area contributed by atoms with Crippen molar-refractivity contribution in [3.63, 3.8) is 0 Å². The lowest BCUT2D eigenvalue weighted by molar-refractivity contribution is -0.297. The summed E-state index contributed by atoms with van der Waals surface area (Å²) in [6.07, 6.45) is 2.66. The van der Waals surface area contributed by atoms with Crippen LogP contribution >= 0.6 is 0 Å². The molecule has 1 spiro atoms. The Morgan fingerprint density at radius 3 is 2.28 bits per heavy atom. The highest BCUT2D eigenvalue weighted by atomic mass is 16.8. The van der Waals surface area contributed by atoms with Gasteiger partial charge in [-0.25, -0.2) is 4.79 Å². The molecule has 2 aliphatic heterocycles. The second-order valence-corrected chi connectivity index (χ2v) is 12.1. The van der Waals surface area contributed by atoms with Crippen molar-refractivity contribution in [1.82, 2.24) is 0 Å². The Morgan fingerprint density at radius 2 is 1.66 bits per heavy atom. The number of carbonyl (C=O) groups excluding carboxylic acids is 1. The number of allylic oxidation sites excluding steroid dienone is 1. The zero-order valence-electron chi connectivity index (χ0n) is 19.4. The molecule has 9 atom stereocenters. The number of carbonyl (C=O) groups is 1. The molecule has 0 amide bonds. The molecular weight excluding hydrogens is 364 g/mol. The van der Waals surface area contributed by atoms with Gasteiger partial charge in [0.1, 0.15) is 0 Å². The first-order chi connectivity index (χ1) is 13.4. The summed E-state index contributed by atoms with van der Waals surface area (Å²) in [6, 6.07) is 0. The van der Waals surface area contributed by atoms with E-state index in [1.165, 1.54) is 11.1 Å². The lowest BCUT2D eigenvalue weighted by atomic mass is 9.40. The van der Waals surface area contributed by atoms with Crippen molar-refractivity contribution in [2.24, 2.45) is 39.9 Å². The van der Waals surface area contributed by atoms with Crippen LogP contribution in [0, 0.1) is 39.9 Å². The standard InChI is InChI=1S/C25H38O4/c1-13-11-25-20(28-21(26)29-25)19-23(7,15(3)9-17-24(19,8)12-27-17)10-14(2)18(16(13)4)22(25,5)6/h13-15,17,19-20H,9-12H2,1-8H3/t13?,14?,15-,17+,19?,20?,23+,24+,25+/m0/s1. The minimum absolute atomic E-state index is 0.0413. The maximum absolute atomic E-state index is 12.8. The Morgan fingerprint density at radius 1 is 0.966 bits per heavy atom. The predicted octanol–water partition coefficient (Wildman–Crippen LogP) is 5.75. The molecule has 4 fully saturated rings. The van der Waals surface area contributed by atoms with E-state index in [4.69, 9.17) is 14.2 Å². The predicted molar refractivity (Wildman–Crippen MR) is 111 cm³/mol. The Bertz CT molecular complexity index is 799. The smallest absolute Gasteiger partial charge is 0.426 e. The Balaban J connectivity index is 1.79. The van der Waals surface area contributed by atoms with Gasteiger partial charge in [-0.2, -0.15) is 0 Å². The van der Waals surface area contributed by atoms with Gasteiger partial charge in [0.25, 0.3) is 0 Å². The van der Waals surface area contributed by atoms with Crippen LogP contribution in [0.25, 0.3) is 0 Å². The number of hydrogen-bond acceptors (Lipinski definition) is 4. The maximum Gasteiger partial charge on any atom is 0.509 e. The van der Waals surface area contributed by atoms with Gasteiger partial charge in [0.2, 0.25) is 0 Å². The minimum Gasteiger partial charge on any atom is -0.426 e. The first-order valence-electron chi connectivity index (χ1n) is 11.6. The van der Waals surface area contributed by atoms with E-state index >= 15 is 0 Å². The van der Waals surface area contributed by atoms with Crippen molar-refractivity contribution in [3.8, 4) is 0 Å². The fraction of sp³-hybridized carbons (Fsp3) is 0.880. The van der Waals surface area contributed by atoms with E-state index in [1.54, 1.807) is 0 Å². The molecule has 2 saturated carbocycles. The van der Waals surface area contributed by atoms with Gasteiger partial charge in [0.15, 0.2) is 11.7 Å². The first-order valence-corrected chi connectivity index (χ1v) is 11.6. The molecule has 5 aliphatic rings. The second kappa shape index (κ2) is 5.60. The molecule has 2 heterocycles. The topological polar surface area (TPSA) is 44.8 Å². The van der Waals surface area contributed by atoms with E-state index in [2.05, 4.69) is 55.4 Å². The molecule has 0 aromatic rings. The summed E-state index contributed by atoms with van der Waals surface area (Å²) in [6.45, 7) is 19.6. The molecule has 4 nitrogen and oxygen atoms in total. The molecule has 3 aliphatic carbocycles. The molecule has 4 unspecified atom stereocenters. The number of ether oxygens (including phenoxy) is 3. The Labute approximate surface area is 175 Å². The van der Waals surface area contributed by atoms with E-state index < -0.39 is 11.8 Å². The highest BCUT2D eigenvalue weighted by molar-refractivity contribution is 5.65. The van der Waals surface area contributed by atoms with E-state index in [1.807, 2.05) is 0 Å². The van der Waals surface area contributed by atoms with Crippen LogP contribution in [0.4, 0.5) is 4.79 Å². The first kappa shape index (κ1) is 19.9. The van der Waals surface area contributed by atoms with Crippen LogP contribution in [-0.2, 0) is 14.2 Å². The van der Waals surface area contributed by atoms with Crippen molar-refractivity contribution < 1.29 is 19.0 Å². The summed E-state index contributed by atoms with van der Waals surface area (Å²) < 4.78 is 18.6. The second-order valence-electron chi connectivity index (χ2n) is 12.1. The quantitative estimate of drug-likeness (QED) is 0.382. The average Bonchev–Trinajstić information content (AvgIpc) is 2.92. The van der Waals surface area contributed by atoms with Gasteiger partial charge in [-0.3, -0.25) is 0 Å². The molecule has 2 bridgehead atoms. The van der Waals surface area contributed by atoms with Crippen molar-refractivity contribution in [2.45, 2.75) is 92.5 Å². The van der Waals surface area contributed by atoms with Gasteiger partial charge in [-0.05, 0) is 49.4 Å². The summed E-state index contributed by atoms with van der Waals surface area (Å²) in [4.78, 5) is 12.8. The third-order valence-electron chi connectivity index (χ3n) is 10.4. The van der Waals surface area contributed by atoms with Crippen LogP contribution in [-0.4, -0.2) is 30.6 Å². The third kappa shape index (κ3) is 2.12. The molecule has 0 aromatic heterocycles. The van der Waals surface area contributed by atoms with E-state index in [-0.39, 0.29) is 34.4 Å². The molecule has 4 heteroatoms. The lowest BCUT2D eigenvalue weighted by Gasteiger charge is -2.68. The highest BCUT2D eigenvalue weighted by Crippen LogP contribution is 2.70. The monoisotopic (exact) mass is 402 g/mol. The molecule has 29 heavy (non-hydrogen) atoms. The van der Waals surface area contributed by atoms with Gasteiger partial charge in [-0.1, -0.05) is 59.6 Å². The lowest BCUT2D eigenvalue weighted by Crippen LogP contribution is -2.72.